The van der Waals surface area contributed by atoms with Crippen molar-refractivity contribution in [2.45, 2.75) is 70.5 Å². The van der Waals surface area contributed by atoms with Crippen molar-refractivity contribution >= 4 is 23.6 Å². The Morgan fingerprint density at radius 3 is 2.56 bits per heavy atom. The average Bonchev–Trinajstić information content (AvgIpc) is 2.89. The Balaban J connectivity index is 1.81. The number of carbonyl (C=O) groups is 2. The molecule has 0 aliphatic heterocycles. The van der Waals surface area contributed by atoms with E-state index in [-0.39, 0.29) is 11.9 Å². The van der Waals surface area contributed by atoms with Gasteiger partial charge in [-0.25, -0.2) is 4.79 Å². The van der Waals surface area contributed by atoms with Crippen LogP contribution in [0.4, 0.5) is 0 Å². The van der Waals surface area contributed by atoms with E-state index in [2.05, 4.69) is 23.3 Å². The van der Waals surface area contributed by atoms with Crippen LogP contribution in [0, 0.1) is 12.8 Å². The van der Waals surface area contributed by atoms with Gasteiger partial charge in [0.1, 0.15) is 6.04 Å². The zero-order valence-electron chi connectivity index (χ0n) is 21.6. The van der Waals surface area contributed by atoms with Crippen molar-refractivity contribution in [2.75, 3.05) is 12.0 Å². The molecule has 0 bridgehead atoms. The summed E-state index contributed by atoms with van der Waals surface area (Å²) >= 11 is 1.57. The highest BCUT2D eigenvalue weighted by Crippen LogP contribution is 2.30. The first-order chi connectivity index (χ1) is 17.4. The topological polar surface area (TPSA) is 78.4 Å². The second kappa shape index (κ2) is 14.2. The highest BCUT2D eigenvalue weighted by molar-refractivity contribution is 7.98. The SMILES string of the molecule is C=CC(CC1CCCCC1)NCc1ccc(C(=O)NC(CCSC)C(=O)O)c(-c2ccccc2C)c1. The molecule has 1 saturated carbocycles. The number of rotatable bonds is 13. The molecule has 0 spiro atoms. The normalized spacial score (nSPS) is 15.7. The summed E-state index contributed by atoms with van der Waals surface area (Å²) in [4.78, 5) is 25.0. The van der Waals surface area contributed by atoms with E-state index in [0.717, 1.165) is 34.6 Å². The maximum atomic E-state index is 13.3. The quantitative estimate of drug-likeness (QED) is 0.280. The lowest BCUT2D eigenvalue weighted by molar-refractivity contribution is -0.139. The summed E-state index contributed by atoms with van der Waals surface area (Å²) in [7, 11) is 0. The second-order valence-electron chi connectivity index (χ2n) is 9.80. The fraction of sp³-hybridized carbons (Fsp3) is 0.467. The predicted octanol–water partition coefficient (Wildman–Crippen LogP) is 6.21. The first-order valence-electron chi connectivity index (χ1n) is 13.0. The second-order valence-corrected chi connectivity index (χ2v) is 10.8. The van der Waals surface area contributed by atoms with E-state index < -0.39 is 12.0 Å². The van der Waals surface area contributed by atoms with Crippen molar-refractivity contribution in [1.29, 1.82) is 0 Å². The van der Waals surface area contributed by atoms with Crippen molar-refractivity contribution in [2.24, 2.45) is 5.92 Å². The van der Waals surface area contributed by atoms with Crippen molar-refractivity contribution in [3.63, 3.8) is 0 Å². The number of nitrogens with one attached hydrogen (secondary N) is 2. The number of thioether (sulfide) groups is 1. The highest BCUT2D eigenvalue weighted by Gasteiger charge is 2.23. The largest absolute Gasteiger partial charge is 0.480 e. The number of hydrogen-bond donors (Lipinski definition) is 3. The van der Waals surface area contributed by atoms with Crippen LogP contribution in [-0.4, -0.2) is 41.1 Å². The van der Waals surface area contributed by atoms with Gasteiger partial charge in [0.05, 0.1) is 0 Å². The van der Waals surface area contributed by atoms with Gasteiger partial charge in [-0.15, -0.1) is 6.58 Å². The monoisotopic (exact) mass is 508 g/mol. The van der Waals surface area contributed by atoms with Crippen LogP contribution in [0.15, 0.2) is 55.1 Å². The Bertz CT molecular complexity index is 1030. The molecule has 3 N–H and O–H groups in total. The lowest BCUT2D eigenvalue weighted by atomic mass is 9.85. The number of carboxylic acid groups (broad SMARTS) is 1. The Morgan fingerprint density at radius 1 is 1.14 bits per heavy atom. The van der Waals surface area contributed by atoms with E-state index in [1.807, 2.05) is 55.7 Å². The fourth-order valence-electron chi connectivity index (χ4n) is 5.02. The molecule has 1 aliphatic rings. The zero-order valence-corrected chi connectivity index (χ0v) is 22.4. The molecule has 36 heavy (non-hydrogen) atoms. The van der Waals surface area contributed by atoms with Crippen LogP contribution in [0.5, 0.6) is 0 Å². The third-order valence-corrected chi connectivity index (χ3v) is 7.79. The molecule has 194 valence electrons. The summed E-state index contributed by atoms with van der Waals surface area (Å²) in [5.41, 5.74) is 4.43. The van der Waals surface area contributed by atoms with Gasteiger partial charge in [0.2, 0.25) is 0 Å². The first kappa shape index (κ1) is 28.0. The van der Waals surface area contributed by atoms with Crippen molar-refractivity contribution < 1.29 is 14.7 Å². The van der Waals surface area contributed by atoms with Gasteiger partial charge in [-0.3, -0.25) is 4.79 Å². The molecule has 5 nitrogen and oxygen atoms in total. The number of carbonyl (C=O) groups excluding carboxylic acids is 1. The Morgan fingerprint density at radius 2 is 1.89 bits per heavy atom. The molecule has 3 rings (SSSR count). The van der Waals surface area contributed by atoms with Gasteiger partial charge < -0.3 is 15.7 Å². The molecule has 2 atom stereocenters. The molecular formula is C30H40N2O3S. The summed E-state index contributed by atoms with van der Waals surface area (Å²) in [5, 5.41) is 16.0. The summed E-state index contributed by atoms with van der Waals surface area (Å²) in [5.74, 6) is 0.0560. The summed E-state index contributed by atoms with van der Waals surface area (Å²) in [6.45, 7) is 6.75. The molecule has 1 fully saturated rings. The van der Waals surface area contributed by atoms with Gasteiger partial charge in [0, 0.05) is 18.2 Å². The summed E-state index contributed by atoms with van der Waals surface area (Å²) < 4.78 is 0. The Labute approximate surface area is 220 Å². The Hall–Kier alpha value is -2.57. The highest BCUT2D eigenvalue weighted by atomic mass is 32.2. The average molecular weight is 509 g/mol. The van der Waals surface area contributed by atoms with E-state index in [0.29, 0.717) is 24.3 Å². The fourth-order valence-corrected chi connectivity index (χ4v) is 5.49. The third-order valence-electron chi connectivity index (χ3n) is 7.14. The smallest absolute Gasteiger partial charge is 0.326 e. The van der Waals surface area contributed by atoms with Gasteiger partial charge in [-0.2, -0.15) is 11.8 Å². The lowest BCUT2D eigenvalue weighted by Crippen LogP contribution is -2.41. The molecule has 0 heterocycles. The number of amides is 1. The van der Waals surface area contributed by atoms with Crippen LogP contribution >= 0.6 is 11.8 Å². The van der Waals surface area contributed by atoms with Gasteiger partial charge in [-0.1, -0.05) is 68.5 Å². The minimum absolute atomic E-state index is 0.255. The molecule has 1 aliphatic carbocycles. The predicted molar refractivity (Wildman–Crippen MR) is 151 cm³/mol. The lowest BCUT2D eigenvalue weighted by Gasteiger charge is -2.25. The van der Waals surface area contributed by atoms with Crippen molar-refractivity contribution in [3.8, 4) is 11.1 Å². The van der Waals surface area contributed by atoms with Crippen LogP contribution in [0.25, 0.3) is 11.1 Å². The molecule has 0 aromatic heterocycles. The maximum absolute atomic E-state index is 13.3. The molecule has 1 amide bonds. The molecule has 0 radical (unpaired) electrons. The van der Waals surface area contributed by atoms with Crippen LogP contribution in [-0.2, 0) is 11.3 Å². The maximum Gasteiger partial charge on any atom is 0.326 e. The van der Waals surface area contributed by atoms with Gasteiger partial charge in [0.15, 0.2) is 0 Å². The number of benzene rings is 2. The van der Waals surface area contributed by atoms with E-state index in [4.69, 9.17) is 0 Å². The minimum Gasteiger partial charge on any atom is -0.480 e. The van der Waals surface area contributed by atoms with Crippen molar-refractivity contribution in [1.82, 2.24) is 10.6 Å². The molecule has 2 aromatic rings. The molecule has 2 unspecified atom stereocenters. The number of hydrogen-bond acceptors (Lipinski definition) is 4. The van der Waals surface area contributed by atoms with E-state index in [1.165, 1.54) is 32.1 Å². The minimum atomic E-state index is -1.01. The van der Waals surface area contributed by atoms with Gasteiger partial charge >= 0.3 is 5.97 Å². The van der Waals surface area contributed by atoms with Crippen LogP contribution in [0.3, 0.4) is 0 Å². The first-order valence-corrected chi connectivity index (χ1v) is 14.4. The van der Waals surface area contributed by atoms with Crippen LogP contribution in [0.1, 0.15) is 66.4 Å². The number of carboxylic acids is 1. The molecule has 6 heteroatoms. The number of aliphatic carboxylic acids is 1. The summed E-state index contributed by atoms with van der Waals surface area (Å²) in [6, 6.07) is 13.2. The standard InChI is InChI=1S/C30H40N2O3S/c1-4-24(18-22-11-6-5-7-12-22)31-20-23-14-15-26(27(19-23)25-13-9-8-10-21(25)2)29(33)32-28(30(34)35)16-17-36-3/h4,8-10,13-15,19,22,24,28,31H,1,5-7,11-12,16-18,20H2,2-3H3,(H,32,33)(H,34,35). The van der Waals surface area contributed by atoms with Gasteiger partial charge in [0.25, 0.3) is 5.91 Å². The van der Waals surface area contributed by atoms with E-state index in [1.54, 1.807) is 11.8 Å². The van der Waals surface area contributed by atoms with Crippen LogP contribution in [0.2, 0.25) is 0 Å². The molecule has 2 aromatic carbocycles. The zero-order chi connectivity index (χ0) is 25.9. The van der Waals surface area contributed by atoms with E-state index >= 15 is 0 Å². The molecular weight excluding hydrogens is 468 g/mol. The van der Waals surface area contributed by atoms with E-state index in [9.17, 15) is 14.7 Å². The Kier molecular flexibility index (Phi) is 11.1. The van der Waals surface area contributed by atoms with Crippen LogP contribution < -0.4 is 10.6 Å². The number of aryl methyl sites for hydroxylation is 1. The van der Waals surface area contributed by atoms with Gasteiger partial charge in [-0.05, 0) is 72.1 Å². The molecule has 0 saturated heterocycles. The van der Waals surface area contributed by atoms with Crippen molar-refractivity contribution in [3.05, 3.63) is 71.8 Å². The summed E-state index contributed by atoms with van der Waals surface area (Å²) in [6.07, 6.45) is 12.1. The third kappa shape index (κ3) is 7.97.